The van der Waals surface area contributed by atoms with Gasteiger partial charge in [-0.1, -0.05) is 11.2 Å². The molecule has 0 bridgehead atoms. The van der Waals surface area contributed by atoms with Crippen molar-refractivity contribution >= 4 is 23.1 Å². The van der Waals surface area contributed by atoms with Gasteiger partial charge in [-0.05, 0) is 31.4 Å². The Kier molecular flexibility index (Phi) is 4.17. The topological polar surface area (TPSA) is 108 Å². The lowest BCUT2D eigenvalue weighted by Gasteiger charge is -1.98. The Morgan fingerprint density at radius 3 is 3.00 bits per heavy atom. The molecule has 0 unspecified atom stereocenters. The summed E-state index contributed by atoms with van der Waals surface area (Å²) in [4.78, 5) is 25.7. The number of aryl methyl sites for hydroxylation is 2. The van der Waals surface area contributed by atoms with Crippen molar-refractivity contribution in [1.29, 1.82) is 0 Å². The van der Waals surface area contributed by atoms with Crippen LogP contribution < -0.4 is 0 Å². The molecule has 26 heavy (non-hydrogen) atoms. The standard InChI is InChI=1S/C16H14N6O3S/c1-9-6-10(2)22-16(17-9)18-12(20-22)7-14(23)24-8-13-19-15(21-25-13)11-4-3-5-26-11/h3-6H,7-8H2,1-2H3. The molecule has 4 aromatic rings. The van der Waals surface area contributed by atoms with E-state index in [0.717, 1.165) is 16.3 Å². The smallest absolute Gasteiger partial charge is 0.314 e. The van der Waals surface area contributed by atoms with Gasteiger partial charge < -0.3 is 9.26 Å². The summed E-state index contributed by atoms with van der Waals surface area (Å²) in [6.45, 7) is 3.69. The van der Waals surface area contributed by atoms with Crippen LogP contribution in [0.2, 0.25) is 0 Å². The summed E-state index contributed by atoms with van der Waals surface area (Å²) in [5.41, 5.74) is 1.74. The molecule has 0 fully saturated rings. The fraction of sp³-hybridized carbons (Fsp3) is 0.250. The second-order valence-corrected chi connectivity index (χ2v) is 6.55. The van der Waals surface area contributed by atoms with E-state index in [1.807, 2.05) is 37.4 Å². The Labute approximate surface area is 151 Å². The quantitative estimate of drug-likeness (QED) is 0.492. The van der Waals surface area contributed by atoms with Gasteiger partial charge >= 0.3 is 5.97 Å². The van der Waals surface area contributed by atoms with E-state index in [0.29, 0.717) is 17.4 Å². The van der Waals surface area contributed by atoms with E-state index in [1.165, 1.54) is 11.3 Å². The minimum Gasteiger partial charge on any atom is -0.455 e. The monoisotopic (exact) mass is 370 g/mol. The van der Waals surface area contributed by atoms with Crippen molar-refractivity contribution in [1.82, 2.24) is 29.7 Å². The first-order valence-corrected chi connectivity index (χ1v) is 8.68. The van der Waals surface area contributed by atoms with E-state index in [1.54, 1.807) is 4.52 Å². The maximum atomic E-state index is 12.0. The number of carbonyl (C=O) groups excluding carboxylic acids is 1. The Bertz CT molecular complexity index is 1070. The molecule has 0 amide bonds. The third kappa shape index (κ3) is 3.31. The molecule has 0 atom stereocenters. The zero-order chi connectivity index (χ0) is 18.1. The predicted octanol–water partition coefficient (Wildman–Crippen LogP) is 2.14. The number of hydrogen-bond acceptors (Lipinski definition) is 9. The summed E-state index contributed by atoms with van der Waals surface area (Å²) in [5.74, 6) is 1.04. The lowest BCUT2D eigenvalue weighted by Crippen LogP contribution is -2.09. The molecule has 0 aliphatic rings. The van der Waals surface area contributed by atoms with Crippen LogP contribution in [0.1, 0.15) is 23.1 Å². The van der Waals surface area contributed by atoms with Gasteiger partial charge in [0.2, 0.25) is 5.82 Å². The second-order valence-electron chi connectivity index (χ2n) is 5.61. The lowest BCUT2D eigenvalue weighted by molar-refractivity contribution is -0.145. The number of nitrogens with zero attached hydrogens (tertiary/aromatic N) is 6. The van der Waals surface area contributed by atoms with E-state index >= 15 is 0 Å². The number of carbonyl (C=O) groups is 1. The van der Waals surface area contributed by atoms with E-state index in [4.69, 9.17) is 9.26 Å². The van der Waals surface area contributed by atoms with Gasteiger partial charge in [0.15, 0.2) is 12.4 Å². The molecule has 4 aromatic heterocycles. The van der Waals surface area contributed by atoms with Gasteiger partial charge in [0.25, 0.3) is 11.7 Å². The molecule has 0 spiro atoms. The average molecular weight is 370 g/mol. The summed E-state index contributed by atoms with van der Waals surface area (Å²) < 4.78 is 11.9. The molecule has 10 heteroatoms. The van der Waals surface area contributed by atoms with E-state index < -0.39 is 5.97 Å². The second kappa shape index (κ2) is 6.64. The van der Waals surface area contributed by atoms with Gasteiger partial charge in [-0.2, -0.15) is 9.97 Å². The highest BCUT2D eigenvalue weighted by Crippen LogP contribution is 2.21. The van der Waals surface area contributed by atoms with Gasteiger partial charge in [0, 0.05) is 11.4 Å². The summed E-state index contributed by atoms with van der Waals surface area (Å²) in [7, 11) is 0. The minimum atomic E-state index is -0.480. The lowest BCUT2D eigenvalue weighted by atomic mass is 10.4. The highest BCUT2D eigenvalue weighted by atomic mass is 32.1. The largest absolute Gasteiger partial charge is 0.455 e. The fourth-order valence-corrected chi connectivity index (χ4v) is 3.07. The highest BCUT2D eigenvalue weighted by Gasteiger charge is 2.15. The molecule has 0 saturated carbocycles. The molecule has 0 aliphatic carbocycles. The van der Waals surface area contributed by atoms with Crippen molar-refractivity contribution in [2.75, 3.05) is 0 Å². The minimum absolute atomic E-state index is 0.0617. The maximum Gasteiger partial charge on any atom is 0.314 e. The fourth-order valence-electron chi connectivity index (χ4n) is 2.42. The first-order valence-electron chi connectivity index (χ1n) is 7.80. The van der Waals surface area contributed by atoms with Crippen LogP contribution in [-0.4, -0.2) is 35.7 Å². The van der Waals surface area contributed by atoms with Gasteiger partial charge in [-0.3, -0.25) is 4.79 Å². The number of hydrogen-bond donors (Lipinski definition) is 0. The molecule has 0 aromatic carbocycles. The molecule has 0 N–H and O–H groups in total. The summed E-state index contributed by atoms with van der Waals surface area (Å²) in [5, 5.41) is 10.1. The zero-order valence-electron chi connectivity index (χ0n) is 14.0. The Hall–Kier alpha value is -3.14. The van der Waals surface area contributed by atoms with Crippen LogP contribution in [0.5, 0.6) is 0 Å². The van der Waals surface area contributed by atoms with Crippen LogP contribution in [-0.2, 0) is 22.6 Å². The molecule has 4 rings (SSSR count). The molecule has 4 heterocycles. The SMILES string of the molecule is Cc1cc(C)n2nc(CC(=O)OCc3nc(-c4cccs4)no3)nc2n1. The van der Waals surface area contributed by atoms with Crippen LogP contribution in [0, 0.1) is 13.8 Å². The highest BCUT2D eigenvalue weighted by molar-refractivity contribution is 7.13. The van der Waals surface area contributed by atoms with E-state index in [9.17, 15) is 4.79 Å². The molecule has 9 nitrogen and oxygen atoms in total. The molecule has 132 valence electrons. The molecular formula is C16H14N6O3S. The first-order chi connectivity index (χ1) is 12.6. The number of aromatic nitrogens is 6. The molecular weight excluding hydrogens is 356 g/mol. The number of ether oxygens (including phenoxy) is 1. The van der Waals surface area contributed by atoms with Crippen molar-refractivity contribution < 1.29 is 14.1 Å². The molecule has 0 saturated heterocycles. The number of thiophene rings is 1. The zero-order valence-corrected chi connectivity index (χ0v) is 14.9. The van der Waals surface area contributed by atoms with Crippen LogP contribution in [0.25, 0.3) is 16.5 Å². The predicted molar refractivity (Wildman–Crippen MR) is 91.4 cm³/mol. The first kappa shape index (κ1) is 16.3. The normalized spacial score (nSPS) is 11.2. The van der Waals surface area contributed by atoms with Crippen LogP contribution in [0.15, 0.2) is 28.1 Å². The summed E-state index contributed by atoms with van der Waals surface area (Å²) in [6.07, 6.45) is -0.0617. The molecule has 0 aliphatic heterocycles. The van der Waals surface area contributed by atoms with Crippen molar-refractivity contribution in [3.05, 3.63) is 46.7 Å². The Morgan fingerprint density at radius 1 is 1.31 bits per heavy atom. The Balaban J connectivity index is 1.39. The third-order valence-electron chi connectivity index (χ3n) is 3.53. The van der Waals surface area contributed by atoms with Crippen LogP contribution in [0.3, 0.4) is 0 Å². The van der Waals surface area contributed by atoms with Crippen LogP contribution in [0.4, 0.5) is 0 Å². The van der Waals surface area contributed by atoms with Gasteiger partial charge in [0.1, 0.15) is 6.42 Å². The van der Waals surface area contributed by atoms with Crippen LogP contribution >= 0.6 is 11.3 Å². The maximum absolute atomic E-state index is 12.0. The number of rotatable bonds is 5. The van der Waals surface area contributed by atoms with Crippen molar-refractivity contribution in [2.45, 2.75) is 26.9 Å². The van der Waals surface area contributed by atoms with Gasteiger partial charge in [-0.15, -0.1) is 16.4 Å². The van der Waals surface area contributed by atoms with Gasteiger partial charge in [-0.25, -0.2) is 9.50 Å². The summed E-state index contributed by atoms with van der Waals surface area (Å²) in [6, 6.07) is 5.68. The third-order valence-corrected chi connectivity index (χ3v) is 4.40. The average Bonchev–Trinajstić information content (AvgIpc) is 3.32. The summed E-state index contributed by atoms with van der Waals surface area (Å²) >= 11 is 1.50. The van der Waals surface area contributed by atoms with E-state index in [2.05, 4.69) is 25.2 Å². The van der Waals surface area contributed by atoms with Gasteiger partial charge in [0.05, 0.1) is 4.88 Å². The van der Waals surface area contributed by atoms with E-state index in [-0.39, 0.29) is 18.9 Å². The molecule has 0 radical (unpaired) electrons. The van der Waals surface area contributed by atoms with Crippen molar-refractivity contribution in [3.63, 3.8) is 0 Å². The Morgan fingerprint density at radius 2 is 2.19 bits per heavy atom. The number of esters is 1. The number of fused-ring (bicyclic) bond motifs is 1. The van der Waals surface area contributed by atoms with Crippen molar-refractivity contribution in [2.24, 2.45) is 0 Å². The van der Waals surface area contributed by atoms with Crippen molar-refractivity contribution in [3.8, 4) is 10.7 Å².